The lowest BCUT2D eigenvalue weighted by atomic mass is 9.57. The van der Waals surface area contributed by atoms with Crippen LogP contribution in [0.25, 0.3) is 5.76 Å². The number of nitrogens with two attached hydrogens (primary N) is 1. The first-order valence-electron chi connectivity index (χ1n) is 14.5. The van der Waals surface area contributed by atoms with Crippen LogP contribution in [0.4, 0.5) is 5.69 Å². The molecular weight excluding hydrogens is 550 g/mol. The van der Waals surface area contributed by atoms with E-state index in [1.807, 2.05) is 43.3 Å². The van der Waals surface area contributed by atoms with Crippen molar-refractivity contribution < 1.29 is 34.8 Å². The zero-order valence-electron chi connectivity index (χ0n) is 24.9. The van der Waals surface area contributed by atoms with E-state index < -0.39 is 58.0 Å². The summed E-state index contributed by atoms with van der Waals surface area (Å²) in [5, 5.41) is 46.0. The summed E-state index contributed by atoms with van der Waals surface area (Å²) in [5.41, 5.74) is 5.20. The third-order valence-electron chi connectivity index (χ3n) is 9.26. The number of aromatic hydroxyl groups is 1. The van der Waals surface area contributed by atoms with Crippen LogP contribution in [0, 0.1) is 11.8 Å². The number of Topliss-reactive ketones (excluding diaryl/α,β-unsaturated/α-hetero) is 2. The second kappa shape index (κ2) is 11.2. The number of rotatable bonds is 8. The summed E-state index contributed by atoms with van der Waals surface area (Å²) in [6.45, 7) is 0. The number of carbonyl (C=O) groups is 3. The number of aliphatic hydroxyl groups excluding tert-OH is 2. The van der Waals surface area contributed by atoms with Crippen molar-refractivity contribution in [3.05, 3.63) is 75.6 Å². The molecule has 0 saturated heterocycles. The minimum atomic E-state index is -2.65. The fourth-order valence-corrected chi connectivity index (χ4v) is 7.22. The van der Waals surface area contributed by atoms with E-state index in [9.17, 15) is 34.8 Å². The smallest absolute Gasteiger partial charge is 0.255 e. The molecule has 0 aliphatic heterocycles. The number of likely N-dealkylation sites (N-methyl/N-ethyl adjacent to an activating group) is 1. The number of fused-ring (bicyclic) bond motifs is 3. The van der Waals surface area contributed by atoms with Crippen LogP contribution >= 0.6 is 0 Å². The van der Waals surface area contributed by atoms with E-state index in [0.717, 1.165) is 24.9 Å². The maximum Gasteiger partial charge on any atom is 0.255 e. The molecule has 0 radical (unpaired) electrons. The molecule has 5 rings (SSSR count). The molecule has 10 heteroatoms. The van der Waals surface area contributed by atoms with Gasteiger partial charge in [-0.15, -0.1) is 0 Å². The van der Waals surface area contributed by atoms with Crippen LogP contribution in [0.3, 0.4) is 0 Å². The first-order chi connectivity index (χ1) is 20.3. The standard InChI is InChI=1S/C33H39N3O7/c1-35(2)22-16-18(13-9-8-12-17-10-6-5-7-11-17)27(37)24-20(22)14-19-15-21-26(36(3)4)29(39)25(32(34)42)31(41)33(21,43)30(40)23(19)28(24)38/h5-7,10-11,16,19,21,26,37-38,41,43H,8-9,12-15H2,1-4H3,(H2,34,42)/t19-,21-,26?,33-/m1/s1. The molecule has 0 aromatic heterocycles. The highest BCUT2D eigenvalue weighted by atomic mass is 16.3. The van der Waals surface area contributed by atoms with E-state index >= 15 is 0 Å². The molecule has 3 aliphatic carbocycles. The molecule has 3 aliphatic rings. The van der Waals surface area contributed by atoms with Crippen LogP contribution in [0.5, 0.6) is 5.75 Å². The van der Waals surface area contributed by atoms with E-state index in [4.69, 9.17) is 5.73 Å². The topological polar surface area (TPSA) is 165 Å². The second-order valence-corrected chi connectivity index (χ2v) is 12.3. The average molecular weight is 590 g/mol. The van der Waals surface area contributed by atoms with Gasteiger partial charge in [0.25, 0.3) is 5.91 Å². The van der Waals surface area contributed by atoms with Crippen molar-refractivity contribution in [2.45, 2.75) is 50.2 Å². The zero-order valence-corrected chi connectivity index (χ0v) is 24.9. The number of hydrogen-bond acceptors (Lipinski definition) is 9. The normalized spacial score (nSPS) is 25.0. The van der Waals surface area contributed by atoms with E-state index in [1.165, 1.54) is 10.5 Å². The van der Waals surface area contributed by atoms with Crippen LogP contribution in [-0.2, 0) is 33.6 Å². The molecule has 1 unspecified atom stereocenters. The summed E-state index contributed by atoms with van der Waals surface area (Å²) in [4.78, 5) is 43.0. The molecule has 0 heterocycles. The number of primary amides is 1. The Kier molecular flexibility index (Phi) is 7.87. The number of phenolic OH excluding ortho intramolecular Hbond substituents is 1. The van der Waals surface area contributed by atoms with Crippen molar-refractivity contribution in [3.63, 3.8) is 0 Å². The highest BCUT2D eigenvalue weighted by Crippen LogP contribution is 2.54. The van der Waals surface area contributed by atoms with Gasteiger partial charge < -0.3 is 31.1 Å². The summed E-state index contributed by atoms with van der Waals surface area (Å²) >= 11 is 0. The van der Waals surface area contributed by atoms with Gasteiger partial charge in [0.15, 0.2) is 11.4 Å². The highest BCUT2D eigenvalue weighted by Gasteiger charge is 2.64. The van der Waals surface area contributed by atoms with Gasteiger partial charge in [0.1, 0.15) is 22.8 Å². The number of aliphatic hydroxyl groups is 3. The molecule has 2 aromatic carbocycles. The van der Waals surface area contributed by atoms with Crippen molar-refractivity contribution in [2.24, 2.45) is 17.6 Å². The number of anilines is 1. The van der Waals surface area contributed by atoms with Crippen LogP contribution in [0.2, 0.25) is 0 Å². The van der Waals surface area contributed by atoms with Gasteiger partial charge in [-0.1, -0.05) is 30.3 Å². The Morgan fingerprint density at radius 3 is 2.28 bits per heavy atom. The van der Waals surface area contributed by atoms with Crippen molar-refractivity contribution in [1.29, 1.82) is 0 Å². The van der Waals surface area contributed by atoms with Crippen LogP contribution in [0.1, 0.15) is 41.5 Å². The highest BCUT2D eigenvalue weighted by molar-refractivity contribution is 6.24. The van der Waals surface area contributed by atoms with E-state index in [1.54, 1.807) is 14.1 Å². The first-order valence-corrected chi connectivity index (χ1v) is 14.5. The molecule has 10 nitrogen and oxygen atoms in total. The van der Waals surface area contributed by atoms with Crippen LogP contribution in [-0.4, -0.2) is 82.6 Å². The van der Waals surface area contributed by atoms with Gasteiger partial charge in [0, 0.05) is 31.3 Å². The molecular formula is C33H39N3O7. The molecule has 6 N–H and O–H groups in total. The quantitative estimate of drug-likeness (QED) is 0.230. The van der Waals surface area contributed by atoms with E-state index in [-0.39, 0.29) is 29.7 Å². The largest absolute Gasteiger partial charge is 0.508 e. The predicted molar refractivity (Wildman–Crippen MR) is 162 cm³/mol. The summed E-state index contributed by atoms with van der Waals surface area (Å²) in [7, 11) is 6.89. The molecule has 1 fully saturated rings. The summed E-state index contributed by atoms with van der Waals surface area (Å²) in [6.07, 6.45) is 3.41. The number of carbonyl (C=O) groups excluding carboxylic acids is 3. The number of hydrogen-bond donors (Lipinski definition) is 5. The molecule has 0 bridgehead atoms. The Bertz CT molecular complexity index is 1560. The first kappa shape index (κ1) is 30.3. The Labute approximate surface area is 250 Å². The van der Waals surface area contributed by atoms with Gasteiger partial charge >= 0.3 is 0 Å². The summed E-state index contributed by atoms with van der Waals surface area (Å²) in [6, 6.07) is 10.9. The Morgan fingerprint density at radius 2 is 1.67 bits per heavy atom. The summed E-state index contributed by atoms with van der Waals surface area (Å²) in [5.74, 6) is -6.44. The Balaban J connectivity index is 1.58. The molecule has 0 spiro atoms. The Hall–Kier alpha value is -4.15. The summed E-state index contributed by atoms with van der Waals surface area (Å²) < 4.78 is 0. The van der Waals surface area contributed by atoms with Crippen LogP contribution in [0.15, 0.2) is 53.3 Å². The van der Waals surface area contributed by atoms with Gasteiger partial charge in [0.05, 0.1) is 11.6 Å². The van der Waals surface area contributed by atoms with Gasteiger partial charge in [0.2, 0.25) is 5.78 Å². The Morgan fingerprint density at radius 1 is 1.02 bits per heavy atom. The molecule has 43 heavy (non-hydrogen) atoms. The number of aryl methyl sites for hydroxylation is 2. The van der Waals surface area contributed by atoms with Gasteiger partial charge in [-0.25, -0.2) is 0 Å². The SMILES string of the molecule is CN(C)c1cc(CCCCc2ccccc2)c(O)c2c1C[C@@H]1C[C@@H]3C(N(C)C)C(=O)C(C(N)=O)=C(O)[C@]3(O)C(=O)C1=C2O. The average Bonchev–Trinajstić information content (AvgIpc) is 2.94. The van der Waals surface area contributed by atoms with E-state index in [0.29, 0.717) is 17.5 Å². The fraction of sp³-hybridized carbons (Fsp3) is 0.424. The number of unbranched alkanes of at least 4 members (excludes halogenated alkanes) is 1. The number of benzene rings is 2. The molecule has 228 valence electrons. The van der Waals surface area contributed by atoms with Gasteiger partial charge in [-0.3, -0.25) is 19.3 Å². The van der Waals surface area contributed by atoms with Crippen molar-refractivity contribution >= 4 is 28.9 Å². The monoisotopic (exact) mass is 589 g/mol. The van der Waals surface area contributed by atoms with Crippen molar-refractivity contribution in [1.82, 2.24) is 4.90 Å². The second-order valence-electron chi connectivity index (χ2n) is 12.3. The molecule has 4 atom stereocenters. The zero-order chi connectivity index (χ0) is 31.4. The fourth-order valence-electron chi connectivity index (χ4n) is 7.22. The minimum absolute atomic E-state index is 0.0562. The number of ketones is 2. The number of amides is 1. The van der Waals surface area contributed by atoms with Gasteiger partial charge in [-0.2, -0.15) is 0 Å². The third-order valence-corrected chi connectivity index (χ3v) is 9.26. The van der Waals surface area contributed by atoms with Crippen molar-refractivity contribution in [3.8, 4) is 5.75 Å². The molecule has 1 saturated carbocycles. The minimum Gasteiger partial charge on any atom is -0.508 e. The predicted octanol–water partition coefficient (Wildman–Crippen LogP) is 2.60. The maximum atomic E-state index is 14.1. The maximum absolute atomic E-state index is 14.1. The third kappa shape index (κ3) is 4.78. The number of phenols is 1. The van der Waals surface area contributed by atoms with Gasteiger partial charge in [-0.05, 0) is 81.3 Å². The lowest BCUT2D eigenvalue weighted by molar-refractivity contribution is -0.153. The lowest BCUT2D eigenvalue weighted by Crippen LogP contribution is -2.65. The molecule has 1 amide bonds. The lowest BCUT2D eigenvalue weighted by Gasteiger charge is -2.50. The van der Waals surface area contributed by atoms with E-state index in [2.05, 4.69) is 12.1 Å². The molecule has 2 aromatic rings. The van der Waals surface area contributed by atoms with Crippen LogP contribution < -0.4 is 10.6 Å². The number of nitrogens with zero attached hydrogens (tertiary/aromatic N) is 2. The van der Waals surface area contributed by atoms with Crippen molar-refractivity contribution in [2.75, 3.05) is 33.1 Å².